The van der Waals surface area contributed by atoms with Crippen LogP contribution in [0.4, 0.5) is 0 Å². The highest BCUT2D eigenvalue weighted by atomic mass is 16.4. The first-order valence-corrected chi connectivity index (χ1v) is 13.3. The minimum Gasteiger partial charge on any atom is -0.393 e. The van der Waals surface area contributed by atoms with Crippen molar-refractivity contribution in [3.8, 4) is 0 Å². The van der Waals surface area contributed by atoms with Gasteiger partial charge in [0.1, 0.15) is 0 Å². The molecule has 0 aliphatic heterocycles. The van der Waals surface area contributed by atoms with Crippen molar-refractivity contribution >= 4 is 0 Å². The van der Waals surface area contributed by atoms with Gasteiger partial charge in [-0.3, -0.25) is 0 Å². The van der Waals surface area contributed by atoms with Gasteiger partial charge in [-0.2, -0.15) is 0 Å². The topological polar surface area (TPSA) is 20.2 Å². The molecule has 0 amide bonds. The van der Waals surface area contributed by atoms with E-state index in [0.717, 1.165) is 48.3 Å². The predicted molar refractivity (Wildman–Crippen MR) is 128 cm³/mol. The Hall–Kier alpha value is -0.560. The van der Waals surface area contributed by atoms with E-state index >= 15 is 0 Å². The highest BCUT2D eigenvalue weighted by molar-refractivity contribution is 5.25. The molecule has 4 rings (SSSR count). The quantitative estimate of drug-likeness (QED) is 0.350. The van der Waals surface area contributed by atoms with Crippen molar-refractivity contribution in [3.63, 3.8) is 0 Å². The lowest BCUT2D eigenvalue weighted by atomic mass is 9.77. The SMILES string of the molecule is CC[13CH](/C=[13CH]/[C@@H]([13CH3])[13C@H]1C[13CH2][C@H]2[C@@H]3CC=C4[13CH2][13C@@H](O)C[13CH2][C@]4([13CH3])[13C@H]3CC[13C@@]21[13CH3])[13CH]([13CH3])[13CH3]. The lowest BCUT2D eigenvalue weighted by Crippen LogP contribution is -2.50. The van der Waals surface area contributed by atoms with E-state index in [1.54, 1.807) is 5.57 Å². The van der Waals surface area contributed by atoms with Gasteiger partial charge in [-0.1, -0.05) is 65.3 Å². The second-order valence-electron chi connectivity index (χ2n) is 12.4. The molecule has 0 radical (unpaired) electrons. The third kappa shape index (κ3) is 3.66. The largest absolute Gasteiger partial charge is 0.393 e. The molecule has 0 saturated heterocycles. The Morgan fingerprint density at radius 1 is 1.03 bits per heavy atom. The summed E-state index contributed by atoms with van der Waals surface area (Å²) < 4.78 is 0. The van der Waals surface area contributed by atoms with E-state index in [1.165, 1.54) is 44.9 Å². The van der Waals surface area contributed by atoms with Crippen molar-refractivity contribution in [1.82, 2.24) is 0 Å². The molecule has 4 aliphatic rings. The zero-order valence-electron chi connectivity index (χ0n) is 20.7. The summed E-state index contributed by atoms with van der Waals surface area (Å²) in [4.78, 5) is 0. The summed E-state index contributed by atoms with van der Waals surface area (Å²) in [6, 6.07) is 0. The molecule has 9 atom stereocenters. The summed E-state index contributed by atoms with van der Waals surface area (Å²) in [6.07, 6.45) is 19.1. The van der Waals surface area contributed by atoms with E-state index in [1.807, 2.05) is 0 Å². The van der Waals surface area contributed by atoms with Crippen LogP contribution in [0.3, 0.4) is 0 Å². The summed E-state index contributed by atoms with van der Waals surface area (Å²) in [6.45, 7) is 14.8. The molecule has 0 spiro atoms. The van der Waals surface area contributed by atoms with Crippen molar-refractivity contribution in [3.05, 3.63) is 23.8 Å². The molecule has 3 saturated carbocycles. The van der Waals surface area contributed by atoms with E-state index in [-0.39, 0.29) is 6.10 Å². The van der Waals surface area contributed by atoms with Crippen LogP contribution in [0, 0.1) is 52.3 Å². The molecular formula is C29H48O. The Morgan fingerprint density at radius 2 is 1.80 bits per heavy atom. The second-order valence-corrected chi connectivity index (χ2v) is 12.4. The highest BCUT2D eigenvalue weighted by Crippen LogP contribution is 2.67. The molecule has 0 bridgehead atoms. The van der Waals surface area contributed by atoms with E-state index < -0.39 is 0 Å². The molecule has 4 aliphatic carbocycles. The number of hydrogen-bond donors (Lipinski definition) is 1. The second kappa shape index (κ2) is 8.42. The van der Waals surface area contributed by atoms with Crippen molar-refractivity contribution in [2.24, 2.45) is 52.3 Å². The molecule has 30 heavy (non-hydrogen) atoms. The first kappa shape index (κ1) is 22.6. The van der Waals surface area contributed by atoms with Crippen LogP contribution < -0.4 is 0 Å². The Morgan fingerprint density at radius 3 is 2.50 bits per heavy atom. The van der Waals surface area contributed by atoms with Gasteiger partial charge in [0.25, 0.3) is 0 Å². The summed E-state index contributed by atoms with van der Waals surface area (Å²) in [5, 5.41) is 10.2. The lowest BCUT2D eigenvalue weighted by Gasteiger charge is -2.58. The van der Waals surface area contributed by atoms with Gasteiger partial charge in [-0.05, 0) is 110 Å². The summed E-state index contributed by atoms with van der Waals surface area (Å²) in [7, 11) is 0. The van der Waals surface area contributed by atoms with Crippen molar-refractivity contribution < 1.29 is 5.11 Å². The smallest absolute Gasteiger partial charge is 0.0577 e. The average molecular weight is 428 g/mol. The van der Waals surface area contributed by atoms with Crippen molar-refractivity contribution in [1.29, 1.82) is 0 Å². The molecule has 0 heterocycles. The number of fused-ring (bicyclic) bond motifs is 5. The zero-order chi connectivity index (χ0) is 21.7. The number of rotatable bonds is 5. The molecule has 1 heteroatoms. The molecule has 1 N–H and O–H groups in total. The number of hydrogen-bond acceptors (Lipinski definition) is 1. The third-order valence-electron chi connectivity index (χ3n) is 10.8. The molecule has 1 unspecified atom stereocenters. The predicted octanol–water partition coefficient (Wildman–Crippen LogP) is 7.80. The Labute approximate surface area is 186 Å². The maximum atomic E-state index is 10.2. The van der Waals surface area contributed by atoms with E-state index in [9.17, 15) is 5.11 Å². The van der Waals surface area contributed by atoms with Crippen LogP contribution >= 0.6 is 0 Å². The molecule has 0 aromatic heterocycles. The molecule has 0 aromatic carbocycles. The molecule has 3 fully saturated rings. The summed E-state index contributed by atoms with van der Waals surface area (Å²) in [5.41, 5.74) is 2.51. The summed E-state index contributed by atoms with van der Waals surface area (Å²) in [5.74, 6) is 5.70. The monoisotopic (exact) mass is 427 g/mol. The number of aliphatic hydroxyl groups is 1. The minimum atomic E-state index is -0.0870. The van der Waals surface area contributed by atoms with E-state index in [2.05, 4.69) is 59.8 Å². The van der Waals surface area contributed by atoms with Crippen LogP contribution in [0.15, 0.2) is 23.8 Å². The first-order chi connectivity index (χ1) is 14.2. The number of allylic oxidation sites excluding steroid dienone is 3. The van der Waals surface area contributed by atoms with Gasteiger partial charge in [0.2, 0.25) is 0 Å². The molecular weight excluding hydrogens is 379 g/mol. The van der Waals surface area contributed by atoms with Crippen LogP contribution in [0.1, 0.15) is 99.3 Å². The number of aliphatic hydroxyl groups excluding tert-OH is 1. The third-order valence-corrected chi connectivity index (χ3v) is 10.8. The fraction of sp³-hybridized carbons (Fsp3) is 0.862. The van der Waals surface area contributed by atoms with Crippen LogP contribution in [0.2, 0.25) is 0 Å². The molecule has 170 valence electrons. The van der Waals surface area contributed by atoms with Crippen LogP contribution in [0.5, 0.6) is 0 Å². The lowest BCUT2D eigenvalue weighted by molar-refractivity contribution is -0.0540. The zero-order valence-corrected chi connectivity index (χ0v) is 20.7. The Bertz CT molecular complexity index is 674. The van der Waals surface area contributed by atoms with Gasteiger partial charge in [-0.25, -0.2) is 0 Å². The Kier molecular flexibility index (Phi) is 6.35. The van der Waals surface area contributed by atoms with Gasteiger partial charge in [0.15, 0.2) is 0 Å². The molecule has 0 aromatic rings. The fourth-order valence-corrected chi connectivity index (χ4v) is 8.83. The standard InChI is InChI=1S/C29H48O/c1-7-21(19(2)3)9-8-20(4)25-12-13-26-24-11-10-22-18-23(30)14-16-28(22,5)27(24)15-17-29(25,26)6/h8-10,19-21,23-27,30H,7,11-18H2,1-6H3/b9-8+/t20-,21?,23+,24+,25-,26+,27+,28+,29-/m1/s1/i2+1,3+1,4+1,5+1,6+1,8+1,13+1,16+1,18+1,19+1,21+1,23+1,25+1,27+1,29+1. The van der Waals surface area contributed by atoms with Crippen LogP contribution in [-0.2, 0) is 0 Å². The van der Waals surface area contributed by atoms with E-state index in [0.29, 0.717) is 16.7 Å². The maximum absolute atomic E-state index is 10.2. The van der Waals surface area contributed by atoms with Gasteiger partial charge in [-0.15, -0.1) is 0 Å². The summed E-state index contributed by atoms with van der Waals surface area (Å²) >= 11 is 0. The van der Waals surface area contributed by atoms with Gasteiger partial charge >= 0.3 is 0 Å². The normalized spacial score (nSPS) is 45.6. The molecule has 1 nitrogen and oxygen atoms in total. The van der Waals surface area contributed by atoms with Crippen LogP contribution in [-0.4, -0.2) is 11.2 Å². The fourth-order valence-electron chi connectivity index (χ4n) is 8.83. The van der Waals surface area contributed by atoms with Gasteiger partial charge in [0, 0.05) is 0 Å². The van der Waals surface area contributed by atoms with Crippen molar-refractivity contribution in [2.75, 3.05) is 0 Å². The van der Waals surface area contributed by atoms with Crippen molar-refractivity contribution in [2.45, 2.75) is 105 Å². The van der Waals surface area contributed by atoms with E-state index in [4.69, 9.17) is 0 Å². The van der Waals surface area contributed by atoms with Crippen LogP contribution in [0.25, 0.3) is 0 Å². The van der Waals surface area contributed by atoms with Gasteiger partial charge in [0.05, 0.1) is 6.10 Å². The van der Waals surface area contributed by atoms with Gasteiger partial charge < -0.3 is 5.11 Å². The average Bonchev–Trinajstić information content (AvgIpc) is 3.06. The Balaban J connectivity index is 1.52. The first-order valence-electron chi connectivity index (χ1n) is 13.3. The highest BCUT2D eigenvalue weighted by Gasteiger charge is 2.58. The maximum Gasteiger partial charge on any atom is 0.0577 e. The minimum absolute atomic E-state index is 0.0870.